The van der Waals surface area contributed by atoms with Crippen LogP contribution >= 0.6 is 0 Å². The zero-order valence-electron chi connectivity index (χ0n) is 27.8. The molecule has 0 amide bonds. The summed E-state index contributed by atoms with van der Waals surface area (Å²) in [5, 5.41) is 27.3. The number of Topliss-reactive ketones (excluding diaryl/α,β-unsaturated/α-hetero) is 1. The maximum absolute atomic E-state index is 14.3. The first-order chi connectivity index (χ1) is 25.4. The molecule has 2 heterocycles. The maximum atomic E-state index is 14.3. The fraction of sp³-hybridized carbons (Fsp3) is 0.0500. The molecule has 2 aliphatic heterocycles. The van der Waals surface area contributed by atoms with Crippen LogP contribution in [-0.4, -0.2) is 44.4 Å². The predicted molar refractivity (Wildman–Crippen MR) is 203 cm³/mol. The first kappa shape index (κ1) is 31.2. The van der Waals surface area contributed by atoms with Crippen LogP contribution in [-0.2, 0) is 25.7 Å². The highest BCUT2D eigenvalue weighted by Crippen LogP contribution is 2.45. The molecule has 6 aromatic rings. The van der Waals surface area contributed by atoms with Crippen molar-refractivity contribution < 1.29 is 29.0 Å². The van der Waals surface area contributed by atoms with Gasteiger partial charge in [0.05, 0.1) is 29.2 Å². The molecule has 0 aromatic heterocycles. The molecule has 250 valence electrons. The molecule has 0 spiro atoms. The lowest BCUT2D eigenvalue weighted by Gasteiger charge is -2.31. The van der Waals surface area contributed by atoms with Gasteiger partial charge in [0.25, 0.3) is 6.47 Å². The molecule has 0 saturated heterocycles. The van der Waals surface area contributed by atoms with Crippen LogP contribution in [0.3, 0.4) is 0 Å². The highest BCUT2D eigenvalue weighted by molar-refractivity contribution is 6.80. The molecule has 0 fully saturated rings. The number of benzene rings is 6. The average molecular weight is 682 g/mol. The van der Waals surface area contributed by atoms with E-state index in [1.807, 2.05) is 97.1 Å². The van der Waals surface area contributed by atoms with E-state index < -0.39 is 13.0 Å². The van der Waals surface area contributed by atoms with E-state index in [4.69, 9.17) is 14.4 Å². The Hall–Kier alpha value is -6.81. The van der Waals surface area contributed by atoms with E-state index in [2.05, 4.69) is 15.7 Å². The zero-order chi connectivity index (χ0) is 35.5. The number of aliphatic hydroxyl groups excluding tert-OH is 1. The van der Waals surface area contributed by atoms with Crippen LogP contribution in [0.25, 0.3) is 32.7 Å². The maximum Gasteiger partial charge on any atom is 0.427 e. The summed E-state index contributed by atoms with van der Waals surface area (Å²) < 4.78 is 9.75. The van der Waals surface area contributed by atoms with Crippen LogP contribution in [0, 0.1) is 0 Å². The lowest BCUT2D eigenvalue weighted by molar-refractivity contribution is -0.129. The van der Waals surface area contributed by atoms with Gasteiger partial charge < -0.3 is 35.2 Å². The number of esters is 1. The van der Waals surface area contributed by atoms with Gasteiger partial charge in [0.1, 0.15) is 12.4 Å². The molecule has 0 unspecified atom stereocenters. The molecule has 0 bridgehead atoms. The number of aliphatic hydroxyl groups is 1. The van der Waals surface area contributed by atoms with Gasteiger partial charge in [0, 0.05) is 38.6 Å². The van der Waals surface area contributed by atoms with Crippen LogP contribution in [0.15, 0.2) is 120 Å². The normalized spacial score (nSPS) is 15.3. The first-order valence-corrected chi connectivity index (χ1v) is 16.7. The Morgan fingerprint density at radius 1 is 0.788 bits per heavy atom. The van der Waals surface area contributed by atoms with E-state index in [0.29, 0.717) is 28.2 Å². The molecule has 3 aliphatic rings. The summed E-state index contributed by atoms with van der Waals surface area (Å²) in [5.41, 5.74) is 6.58. The number of carbonyl (C=O) groups is 3. The van der Waals surface area contributed by atoms with E-state index in [-0.39, 0.29) is 36.3 Å². The number of hydrogen-bond acceptors (Lipinski definition) is 10. The third-order valence-electron chi connectivity index (χ3n) is 9.95. The molecule has 9 rings (SSSR count). The summed E-state index contributed by atoms with van der Waals surface area (Å²) in [5.74, 6) is -0.788. The predicted octanol–water partition coefficient (Wildman–Crippen LogP) is 3.83. The Kier molecular flexibility index (Phi) is 7.32. The molecule has 10 nitrogen and oxygen atoms in total. The molecule has 0 saturated carbocycles. The van der Waals surface area contributed by atoms with Gasteiger partial charge in [0.15, 0.2) is 0 Å². The van der Waals surface area contributed by atoms with Crippen molar-refractivity contribution in [3.8, 4) is 0 Å². The second-order valence-corrected chi connectivity index (χ2v) is 12.8. The highest BCUT2D eigenvalue weighted by atomic mass is 16.5. The number of hydrogen-bond donors (Lipinski definition) is 4. The molecule has 52 heavy (non-hydrogen) atoms. The van der Waals surface area contributed by atoms with Crippen molar-refractivity contribution in [3.05, 3.63) is 142 Å². The van der Waals surface area contributed by atoms with E-state index in [9.17, 15) is 19.5 Å². The number of ether oxygens (including phenoxy) is 2. The number of ketones is 1. The average Bonchev–Trinajstić information content (AvgIpc) is 3.19. The molecule has 0 atom stereocenters. The molecule has 4 N–H and O–H groups in total. The minimum Gasteiger partial charge on any atom is -0.506 e. The second-order valence-electron chi connectivity index (χ2n) is 12.8. The van der Waals surface area contributed by atoms with Gasteiger partial charge in [-0.15, -0.1) is 0 Å². The van der Waals surface area contributed by atoms with Gasteiger partial charge in [-0.05, 0) is 51.5 Å². The monoisotopic (exact) mass is 682 g/mol. The highest BCUT2D eigenvalue weighted by Gasteiger charge is 2.39. The Balaban J connectivity index is 1.16. The Labute approximate surface area is 297 Å². The minimum absolute atomic E-state index is 0.0877. The summed E-state index contributed by atoms with van der Waals surface area (Å²) in [6.45, 7) is -0.230. The first-order valence-electron chi connectivity index (χ1n) is 16.7. The largest absolute Gasteiger partial charge is 0.506 e. The molecular formula is C40H28B2N4O6. The van der Waals surface area contributed by atoms with Crippen molar-refractivity contribution in [2.75, 3.05) is 22.8 Å². The van der Waals surface area contributed by atoms with Crippen molar-refractivity contribution in [1.82, 2.24) is 0 Å². The number of rotatable bonds is 7. The fourth-order valence-electron chi connectivity index (χ4n) is 7.40. The van der Waals surface area contributed by atoms with Crippen LogP contribution in [0.5, 0.6) is 0 Å². The number of methoxy groups -OCH3 is 1. The smallest absolute Gasteiger partial charge is 0.427 e. The molecule has 1 aliphatic carbocycles. The van der Waals surface area contributed by atoms with Crippen molar-refractivity contribution >= 4 is 92.9 Å². The third kappa shape index (κ3) is 4.91. The second kappa shape index (κ2) is 12.2. The SMILES string of the molecule is COC(=O)c1ccc(B2N=c3/c(=C4/C(=O)C(c5ccc6cccc7c6c5NB(c5ccc(COC=O)cc5)N7)=C4O)ccc4cccc(c34)N2)cc1. The molecular weight excluding hydrogens is 654 g/mol. The topological polar surface area (TPSA) is 138 Å². The summed E-state index contributed by atoms with van der Waals surface area (Å²) in [4.78, 5) is 42.1. The Morgan fingerprint density at radius 3 is 2.19 bits per heavy atom. The molecule has 12 heteroatoms. The third-order valence-corrected chi connectivity index (χ3v) is 9.95. The van der Waals surface area contributed by atoms with Crippen LogP contribution in [0.4, 0.5) is 17.1 Å². The number of nitrogens with zero attached hydrogens (tertiary/aromatic N) is 1. The molecule has 0 radical (unpaired) electrons. The van der Waals surface area contributed by atoms with Crippen molar-refractivity contribution in [2.45, 2.75) is 6.61 Å². The van der Waals surface area contributed by atoms with Gasteiger partial charge in [-0.3, -0.25) is 9.59 Å². The fourth-order valence-corrected chi connectivity index (χ4v) is 7.40. The minimum atomic E-state index is -0.504. The van der Waals surface area contributed by atoms with Gasteiger partial charge in [-0.25, -0.2) is 4.79 Å². The summed E-state index contributed by atoms with van der Waals surface area (Å²) in [6, 6.07) is 34.3. The number of allylic oxidation sites excluding steroid dienone is 2. The van der Waals surface area contributed by atoms with Crippen LogP contribution in [0.2, 0.25) is 0 Å². The van der Waals surface area contributed by atoms with E-state index in [0.717, 1.165) is 55.1 Å². The van der Waals surface area contributed by atoms with E-state index in [1.54, 1.807) is 12.1 Å². The summed E-state index contributed by atoms with van der Waals surface area (Å²) in [7, 11) is 1.34. The number of nitrogens with one attached hydrogen (secondary N) is 3. The Bertz CT molecular complexity index is 2680. The summed E-state index contributed by atoms with van der Waals surface area (Å²) >= 11 is 0. The quantitative estimate of drug-likeness (QED) is 0.113. The lowest BCUT2D eigenvalue weighted by Crippen LogP contribution is -2.48. The number of carbonyl (C=O) groups excluding carboxylic acids is 3. The van der Waals surface area contributed by atoms with E-state index in [1.165, 1.54) is 7.11 Å². The lowest BCUT2D eigenvalue weighted by atomic mass is 9.65. The summed E-state index contributed by atoms with van der Waals surface area (Å²) in [6.07, 6.45) is 0. The van der Waals surface area contributed by atoms with Crippen molar-refractivity contribution in [1.29, 1.82) is 0 Å². The van der Waals surface area contributed by atoms with Gasteiger partial charge >= 0.3 is 19.9 Å². The zero-order valence-corrected chi connectivity index (χ0v) is 27.8. The standard InChI is InChI=1S/C40H28B2N4O6/c1-51-40(50)25-10-16-27(17-11-25)42-44-31-7-3-5-24-13-19-29(37(46-42)33(24)31)35-38(48)34(39(35)49)28-18-12-23-4-2-6-30-32(23)36(28)45-41(43-30)26-14-8-22(9-15-26)20-52-21-47/h2-19,21,43-45,48H,20H2,1H3/b35-29+. The van der Waals surface area contributed by atoms with Gasteiger partial charge in [-0.2, -0.15) is 0 Å². The number of anilines is 3. The van der Waals surface area contributed by atoms with Crippen molar-refractivity contribution in [3.63, 3.8) is 0 Å². The Morgan fingerprint density at radius 2 is 1.48 bits per heavy atom. The van der Waals surface area contributed by atoms with Crippen LogP contribution in [0.1, 0.15) is 21.5 Å². The van der Waals surface area contributed by atoms with Crippen molar-refractivity contribution in [2.24, 2.45) is 4.90 Å². The van der Waals surface area contributed by atoms with Gasteiger partial charge in [0.2, 0.25) is 5.78 Å². The molecule has 6 aromatic carbocycles. The van der Waals surface area contributed by atoms with E-state index >= 15 is 0 Å². The van der Waals surface area contributed by atoms with Gasteiger partial charge in [-0.1, -0.05) is 84.9 Å². The van der Waals surface area contributed by atoms with Crippen LogP contribution < -0.4 is 37.2 Å².